The van der Waals surface area contributed by atoms with Gasteiger partial charge in [0.1, 0.15) is 0 Å². The van der Waals surface area contributed by atoms with Gasteiger partial charge in [0.15, 0.2) is 0 Å². The van der Waals surface area contributed by atoms with Crippen molar-refractivity contribution < 1.29 is 29.0 Å². The minimum Gasteiger partial charge on any atom is -0.483 e. The molecule has 7 heteroatoms. The first-order valence-electron chi connectivity index (χ1n) is 23.4. The monoisotopic (exact) mass is 766 g/mol. The van der Waals surface area contributed by atoms with Crippen LogP contribution < -0.4 is 0 Å². The molecule has 1 heterocycles. The van der Waals surface area contributed by atoms with Gasteiger partial charge >= 0.3 is 11.9 Å². The predicted molar refractivity (Wildman–Crippen MR) is 228 cm³/mol. The molecule has 320 valence electrons. The fourth-order valence-electron chi connectivity index (χ4n) is 8.20. The summed E-state index contributed by atoms with van der Waals surface area (Å²) >= 11 is 0. The number of carboxylic acid groups (broad SMARTS) is 1. The fourth-order valence-corrected chi connectivity index (χ4v) is 8.20. The van der Waals surface area contributed by atoms with Gasteiger partial charge in [-0.2, -0.15) is 0 Å². The fraction of sp³-hybridized carbons (Fsp3) is 0.936. The van der Waals surface area contributed by atoms with Crippen molar-refractivity contribution in [2.75, 3.05) is 33.9 Å². The molecule has 1 N–H and O–H groups in total. The second kappa shape index (κ2) is 41.0. The van der Waals surface area contributed by atoms with E-state index in [2.05, 4.69) is 32.8 Å². The second-order valence-electron chi connectivity index (χ2n) is 17.0. The Hall–Kier alpha value is -1.63. The van der Waals surface area contributed by atoms with Crippen molar-refractivity contribution in [2.24, 2.45) is 17.8 Å². The van der Waals surface area contributed by atoms with Gasteiger partial charge in [-0.15, -0.1) is 0 Å². The smallest absolute Gasteiger partial charge is 0.305 e. The van der Waals surface area contributed by atoms with Gasteiger partial charge in [0, 0.05) is 12.8 Å². The van der Waals surface area contributed by atoms with Gasteiger partial charge in [-0.05, 0) is 76.9 Å². The number of carbonyl (C=O) groups excluding carboxylic acids is 2. The van der Waals surface area contributed by atoms with Crippen molar-refractivity contribution >= 4 is 18.4 Å². The van der Waals surface area contributed by atoms with E-state index in [1.165, 1.54) is 173 Å². The minimum absolute atomic E-state index is 0.0182. The van der Waals surface area contributed by atoms with E-state index < -0.39 is 0 Å². The van der Waals surface area contributed by atoms with Crippen LogP contribution in [0.15, 0.2) is 0 Å². The third-order valence-electron chi connectivity index (χ3n) is 11.7. The molecule has 0 bridgehead atoms. The molecule has 0 saturated carbocycles. The Morgan fingerprint density at radius 2 is 0.815 bits per heavy atom. The lowest BCUT2D eigenvalue weighted by molar-refractivity contribution is -0.145. The number of unbranched alkanes of at least 4 members (excludes halogenated alkanes) is 2. The average Bonchev–Trinajstić information content (AvgIpc) is 3.14. The van der Waals surface area contributed by atoms with Gasteiger partial charge < -0.3 is 19.5 Å². The van der Waals surface area contributed by atoms with Crippen molar-refractivity contribution in [3.63, 3.8) is 0 Å². The number of ether oxygens (including phenoxy) is 2. The zero-order valence-corrected chi connectivity index (χ0v) is 36.4. The molecular formula is C47H91NO6. The molecule has 0 spiro atoms. The van der Waals surface area contributed by atoms with Crippen LogP contribution in [-0.2, 0) is 23.9 Å². The van der Waals surface area contributed by atoms with Gasteiger partial charge in [0.25, 0.3) is 6.47 Å². The van der Waals surface area contributed by atoms with Gasteiger partial charge in [0.05, 0.1) is 13.2 Å². The molecule has 0 aromatic carbocycles. The van der Waals surface area contributed by atoms with Crippen molar-refractivity contribution in [1.29, 1.82) is 0 Å². The van der Waals surface area contributed by atoms with Crippen molar-refractivity contribution in [2.45, 2.75) is 232 Å². The summed E-state index contributed by atoms with van der Waals surface area (Å²) in [6.45, 7) is 6.72. The molecular weight excluding hydrogens is 675 g/mol. The summed E-state index contributed by atoms with van der Waals surface area (Å²) in [6, 6.07) is 0. The van der Waals surface area contributed by atoms with Crippen LogP contribution in [0.2, 0.25) is 0 Å². The number of hydrogen-bond acceptors (Lipinski definition) is 6. The van der Waals surface area contributed by atoms with Gasteiger partial charge in [0.2, 0.25) is 0 Å². The third-order valence-corrected chi connectivity index (χ3v) is 11.7. The summed E-state index contributed by atoms with van der Waals surface area (Å²) in [7, 11) is 4.39. The highest BCUT2D eigenvalue weighted by atomic mass is 16.5. The highest BCUT2D eigenvalue weighted by Crippen LogP contribution is 2.26. The number of rotatable bonds is 10. The van der Waals surface area contributed by atoms with Crippen LogP contribution in [0.3, 0.4) is 0 Å². The van der Waals surface area contributed by atoms with Crippen molar-refractivity contribution in [3.8, 4) is 0 Å². The van der Waals surface area contributed by atoms with E-state index in [9.17, 15) is 9.59 Å². The molecule has 1 aliphatic heterocycles. The summed E-state index contributed by atoms with van der Waals surface area (Å²) in [6.07, 6.45) is 41.6. The summed E-state index contributed by atoms with van der Waals surface area (Å²) in [5, 5.41) is 6.89. The highest BCUT2D eigenvalue weighted by molar-refractivity contribution is 5.69. The molecule has 0 aliphatic carbocycles. The average molecular weight is 766 g/mol. The zero-order valence-electron chi connectivity index (χ0n) is 36.4. The molecule has 0 amide bonds. The summed E-state index contributed by atoms with van der Waals surface area (Å²) in [4.78, 5) is 35.6. The van der Waals surface area contributed by atoms with Crippen molar-refractivity contribution in [1.82, 2.24) is 4.90 Å². The van der Waals surface area contributed by atoms with Gasteiger partial charge in [-0.1, -0.05) is 181 Å². The molecule has 1 rings (SSSR count). The quantitative estimate of drug-likeness (QED) is 0.175. The molecule has 0 radical (unpaired) electrons. The number of hydrogen-bond donors (Lipinski definition) is 1. The SMILES string of the molecule is CCCCC1CCCCCCC(CCCC)CCOC(=O)CCCCCCCCCC(CCCN(C)C)CCCCCCCCCC(=O)OCC1.O=CO. The van der Waals surface area contributed by atoms with Crippen LogP contribution in [0.1, 0.15) is 232 Å². The maximum absolute atomic E-state index is 12.4. The van der Waals surface area contributed by atoms with Crippen LogP contribution >= 0.6 is 0 Å². The number of cyclic esters (lactones) is 2. The number of carbonyl (C=O) groups is 3. The lowest BCUT2D eigenvalue weighted by Gasteiger charge is -2.18. The first-order valence-corrected chi connectivity index (χ1v) is 23.4. The van der Waals surface area contributed by atoms with Crippen molar-refractivity contribution in [3.05, 3.63) is 0 Å². The molecule has 7 nitrogen and oxygen atoms in total. The second-order valence-corrected chi connectivity index (χ2v) is 17.0. The Kier molecular flexibility index (Phi) is 39.8. The van der Waals surface area contributed by atoms with E-state index >= 15 is 0 Å². The highest BCUT2D eigenvalue weighted by Gasteiger charge is 2.13. The standard InChI is InChI=1S/C46H89NO4.CH2O2/c1-5-7-28-43-32-23-19-20-24-33-44(29-8-6-2)38-41-51-46(49)36-26-18-14-10-12-16-22-31-42(34-27-39-47(3)4)30-21-15-11-9-13-17-25-35-45(48)50-40-37-43;2-1-3/h42-44H,5-41H2,1-4H3;1H,(H,2,3). The van der Waals surface area contributed by atoms with E-state index in [4.69, 9.17) is 19.4 Å². The van der Waals surface area contributed by atoms with E-state index in [0.29, 0.717) is 37.9 Å². The van der Waals surface area contributed by atoms with E-state index in [1.807, 2.05) is 0 Å². The van der Waals surface area contributed by atoms with Crippen LogP contribution in [0.4, 0.5) is 0 Å². The van der Waals surface area contributed by atoms with Crippen LogP contribution in [-0.4, -0.2) is 62.3 Å². The summed E-state index contributed by atoms with van der Waals surface area (Å²) in [5.41, 5.74) is 0. The zero-order chi connectivity index (χ0) is 39.7. The first kappa shape index (κ1) is 52.4. The Morgan fingerprint density at radius 3 is 1.15 bits per heavy atom. The largest absolute Gasteiger partial charge is 0.483 e. The molecule has 0 aromatic heterocycles. The lowest BCUT2D eigenvalue weighted by atomic mass is 9.90. The molecule has 54 heavy (non-hydrogen) atoms. The number of nitrogens with zero attached hydrogens (tertiary/aromatic N) is 1. The van der Waals surface area contributed by atoms with Gasteiger partial charge in [-0.25, -0.2) is 0 Å². The summed E-state index contributed by atoms with van der Waals surface area (Å²) in [5.74, 6) is 2.29. The molecule has 2 atom stereocenters. The third kappa shape index (κ3) is 37.3. The maximum atomic E-state index is 12.4. The molecule has 2 unspecified atom stereocenters. The Balaban J connectivity index is 0.00000903. The Labute approximate surface area is 335 Å². The van der Waals surface area contributed by atoms with E-state index in [-0.39, 0.29) is 18.4 Å². The Bertz CT molecular complexity index is 764. The van der Waals surface area contributed by atoms with Crippen LogP contribution in [0.25, 0.3) is 0 Å². The maximum Gasteiger partial charge on any atom is 0.305 e. The lowest BCUT2D eigenvalue weighted by Crippen LogP contribution is -2.14. The van der Waals surface area contributed by atoms with Gasteiger partial charge in [-0.3, -0.25) is 14.4 Å². The minimum atomic E-state index is -0.250. The van der Waals surface area contributed by atoms with E-state index in [0.717, 1.165) is 44.4 Å². The van der Waals surface area contributed by atoms with Crippen LogP contribution in [0, 0.1) is 17.8 Å². The number of esters is 2. The topological polar surface area (TPSA) is 93.1 Å². The van der Waals surface area contributed by atoms with E-state index in [1.54, 1.807) is 0 Å². The molecule has 1 fully saturated rings. The molecule has 0 aromatic rings. The normalized spacial score (nSPS) is 23.4. The molecule has 1 aliphatic rings. The Morgan fingerprint density at radius 1 is 0.519 bits per heavy atom. The predicted octanol–water partition coefficient (Wildman–Crippen LogP) is 13.5. The molecule has 1 saturated heterocycles. The first-order chi connectivity index (χ1) is 26.4. The van der Waals surface area contributed by atoms with Crippen LogP contribution in [0.5, 0.6) is 0 Å². The summed E-state index contributed by atoms with van der Waals surface area (Å²) < 4.78 is 11.4.